The van der Waals surface area contributed by atoms with E-state index in [1.807, 2.05) is 26.0 Å². The Labute approximate surface area is 104 Å². The Morgan fingerprint density at radius 1 is 1.29 bits per heavy atom. The van der Waals surface area contributed by atoms with E-state index in [0.717, 1.165) is 19.5 Å². The molecule has 1 N–H and O–H groups in total. The number of ether oxygens (including phenoxy) is 1. The van der Waals surface area contributed by atoms with Crippen molar-refractivity contribution in [2.75, 3.05) is 47.4 Å². The molecular weight excluding hydrogens is 220 g/mol. The summed E-state index contributed by atoms with van der Waals surface area (Å²) in [5, 5.41) is 9.67. The van der Waals surface area contributed by atoms with Crippen LogP contribution in [-0.2, 0) is 9.53 Å². The standard InChI is InChI=1S/C12H26N2O3/c1-5-17-12(16)9-11(15)10-14(4)8-6-7-13(2)3/h11,15H,5-10H2,1-4H3. The van der Waals surface area contributed by atoms with Crippen LogP contribution in [0.1, 0.15) is 19.8 Å². The van der Waals surface area contributed by atoms with Gasteiger partial charge in [-0.15, -0.1) is 0 Å². The van der Waals surface area contributed by atoms with Gasteiger partial charge in [-0.2, -0.15) is 0 Å². The summed E-state index contributed by atoms with van der Waals surface area (Å²) in [6.45, 7) is 4.57. The van der Waals surface area contributed by atoms with Crippen LogP contribution in [0.3, 0.4) is 0 Å². The predicted molar refractivity (Wildman–Crippen MR) is 67.9 cm³/mol. The molecule has 0 rings (SSSR count). The summed E-state index contributed by atoms with van der Waals surface area (Å²) in [5.41, 5.74) is 0. The van der Waals surface area contributed by atoms with Crippen molar-refractivity contribution < 1.29 is 14.6 Å². The molecule has 0 saturated carbocycles. The van der Waals surface area contributed by atoms with Gasteiger partial charge in [0.1, 0.15) is 0 Å². The Morgan fingerprint density at radius 3 is 2.47 bits per heavy atom. The number of esters is 1. The van der Waals surface area contributed by atoms with Gasteiger partial charge in [0.25, 0.3) is 0 Å². The van der Waals surface area contributed by atoms with Gasteiger partial charge in [-0.3, -0.25) is 4.79 Å². The molecule has 5 heteroatoms. The second-order valence-corrected chi connectivity index (χ2v) is 4.58. The van der Waals surface area contributed by atoms with Gasteiger partial charge < -0.3 is 19.6 Å². The molecule has 5 nitrogen and oxygen atoms in total. The number of carbonyl (C=O) groups excluding carboxylic acids is 1. The highest BCUT2D eigenvalue weighted by molar-refractivity contribution is 5.69. The van der Waals surface area contributed by atoms with Crippen LogP contribution in [0.15, 0.2) is 0 Å². The second-order valence-electron chi connectivity index (χ2n) is 4.58. The average molecular weight is 246 g/mol. The molecular formula is C12H26N2O3. The molecule has 0 aliphatic heterocycles. The molecule has 0 aromatic heterocycles. The van der Waals surface area contributed by atoms with Crippen LogP contribution in [0, 0.1) is 0 Å². The van der Waals surface area contributed by atoms with Gasteiger partial charge >= 0.3 is 5.97 Å². The third kappa shape index (κ3) is 10.2. The minimum atomic E-state index is -0.640. The third-order valence-electron chi connectivity index (χ3n) is 2.38. The Kier molecular flexibility index (Phi) is 9.03. The maximum absolute atomic E-state index is 11.1. The highest BCUT2D eigenvalue weighted by Gasteiger charge is 2.13. The smallest absolute Gasteiger partial charge is 0.308 e. The van der Waals surface area contributed by atoms with Gasteiger partial charge in [0, 0.05) is 6.54 Å². The largest absolute Gasteiger partial charge is 0.466 e. The second kappa shape index (κ2) is 9.39. The van der Waals surface area contributed by atoms with Crippen molar-refractivity contribution in [2.45, 2.75) is 25.9 Å². The lowest BCUT2D eigenvalue weighted by atomic mass is 10.2. The van der Waals surface area contributed by atoms with E-state index in [1.54, 1.807) is 6.92 Å². The van der Waals surface area contributed by atoms with E-state index in [4.69, 9.17) is 4.74 Å². The zero-order valence-corrected chi connectivity index (χ0v) is 11.5. The molecule has 0 radical (unpaired) electrons. The first-order valence-corrected chi connectivity index (χ1v) is 6.12. The Morgan fingerprint density at radius 2 is 1.94 bits per heavy atom. The van der Waals surface area contributed by atoms with E-state index in [-0.39, 0.29) is 12.4 Å². The van der Waals surface area contributed by atoms with Crippen LogP contribution in [0.5, 0.6) is 0 Å². The number of rotatable bonds is 9. The summed E-state index contributed by atoms with van der Waals surface area (Å²) in [7, 11) is 6.02. The molecule has 0 spiro atoms. The monoisotopic (exact) mass is 246 g/mol. The lowest BCUT2D eigenvalue weighted by Crippen LogP contribution is -2.32. The van der Waals surface area contributed by atoms with Gasteiger partial charge in [0.15, 0.2) is 0 Å². The van der Waals surface area contributed by atoms with Crippen LogP contribution in [0.2, 0.25) is 0 Å². The fraction of sp³-hybridized carbons (Fsp3) is 0.917. The van der Waals surface area contributed by atoms with Crippen molar-refractivity contribution in [3.8, 4) is 0 Å². The maximum atomic E-state index is 11.1. The number of hydrogen-bond acceptors (Lipinski definition) is 5. The van der Waals surface area contributed by atoms with Gasteiger partial charge in [-0.05, 0) is 47.6 Å². The van der Waals surface area contributed by atoms with E-state index in [0.29, 0.717) is 13.2 Å². The highest BCUT2D eigenvalue weighted by atomic mass is 16.5. The molecule has 0 bridgehead atoms. The zero-order valence-electron chi connectivity index (χ0n) is 11.5. The molecule has 0 heterocycles. The summed E-state index contributed by atoms with van der Waals surface area (Å²) in [4.78, 5) is 15.3. The molecule has 17 heavy (non-hydrogen) atoms. The molecule has 102 valence electrons. The summed E-state index contributed by atoms with van der Waals surface area (Å²) in [6, 6.07) is 0. The molecule has 0 amide bonds. The van der Waals surface area contributed by atoms with Gasteiger partial charge in [-0.1, -0.05) is 0 Å². The molecule has 0 aromatic rings. The number of carbonyl (C=O) groups is 1. The molecule has 0 aliphatic carbocycles. The Balaban J connectivity index is 3.64. The molecule has 0 saturated heterocycles. The van der Waals surface area contributed by atoms with Gasteiger partial charge in [0.2, 0.25) is 0 Å². The van der Waals surface area contributed by atoms with Crippen molar-refractivity contribution in [3.05, 3.63) is 0 Å². The molecule has 0 fully saturated rings. The van der Waals surface area contributed by atoms with E-state index in [9.17, 15) is 9.90 Å². The SMILES string of the molecule is CCOC(=O)CC(O)CN(C)CCCN(C)C. The zero-order chi connectivity index (χ0) is 13.3. The Bertz CT molecular complexity index is 210. The van der Waals surface area contributed by atoms with E-state index in [2.05, 4.69) is 4.90 Å². The molecule has 0 aliphatic rings. The summed E-state index contributed by atoms with van der Waals surface area (Å²) in [6.07, 6.45) is 0.486. The van der Waals surface area contributed by atoms with E-state index in [1.165, 1.54) is 0 Å². The number of hydrogen-bond donors (Lipinski definition) is 1. The number of aliphatic hydroxyl groups excluding tert-OH is 1. The number of likely N-dealkylation sites (N-methyl/N-ethyl adjacent to an activating group) is 1. The minimum Gasteiger partial charge on any atom is -0.466 e. The highest BCUT2D eigenvalue weighted by Crippen LogP contribution is 1.98. The lowest BCUT2D eigenvalue weighted by molar-refractivity contribution is -0.145. The maximum Gasteiger partial charge on any atom is 0.308 e. The Hall–Kier alpha value is -0.650. The van der Waals surface area contributed by atoms with Crippen molar-refractivity contribution >= 4 is 5.97 Å². The van der Waals surface area contributed by atoms with Gasteiger partial charge in [-0.25, -0.2) is 0 Å². The fourth-order valence-corrected chi connectivity index (χ4v) is 1.58. The summed E-state index contributed by atoms with van der Waals surface area (Å²) >= 11 is 0. The summed E-state index contributed by atoms with van der Waals surface area (Å²) < 4.78 is 4.78. The topological polar surface area (TPSA) is 53.0 Å². The lowest BCUT2D eigenvalue weighted by Gasteiger charge is -2.20. The number of aliphatic hydroxyl groups is 1. The fourth-order valence-electron chi connectivity index (χ4n) is 1.58. The van der Waals surface area contributed by atoms with Crippen LogP contribution >= 0.6 is 0 Å². The molecule has 1 atom stereocenters. The van der Waals surface area contributed by atoms with Gasteiger partial charge in [0.05, 0.1) is 19.1 Å². The predicted octanol–water partition coefficient (Wildman–Crippen LogP) is 0.184. The minimum absolute atomic E-state index is 0.0753. The van der Waals surface area contributed by atoms with Crippen LogP contribution in [-0.4, -0.2) is 74.4 Å². The summed E-state index contributed by atoms with van der Waals surface area (Å²) in [5.74, 6) is -0.332. The van der Waals surface area contributed by atoms with Crippen LogP contribution < -0.4 is 0 Å². The number of nitrogens with zero attached hydrogens (tertiary/aromatic N) is 2. The average Bonchev–Trinajstić information content (AvgIpc) is 2.16. The third-order valence-corrected chi connectivity index (χ3v) is 2.38. The first-order chi connectivity index (χ1) is 7.95. The quantitative estimate of drug-likeness (QED) is 0.588. The van der Waals surface area contributed by atoms with Crippen molar-refractivity contribution in [3.63, 3.8) is 0 Å². The molecule has 1 unspecified atom stereocenters. The van der Waals surface area contributed by atoms with E-state index >= 15 is 0 Å². The normalized spacial score (nSPS) is 13.1. The first-order valence-electron chi connectivity index (χ1n) is 6.12. The van der Waals surface area contributed by atoms with E-state index < -0.39 is 6.10 Å². The van der Waals surface area contributed by atoms with Crippen molar-refractivity contribution in [2.24, 2.45) is 0 Å². The van der Waals surface area contributed by atoms with Crippen LogP contribution in [0.4, 0.5) is 0 Å². The first kappa shape index (κ1) is 16.4. The van der Waals surface area contributed by atoms with Crippen molar-refractivity contribution in [1.29, 1.82) is 0 Å². The van der Waals surface area contributed by atoms with Crippen molar-refractivity contribution in [1.82, 2.24) is 9.80 Å². The van der Waals surface area contributed by atoms with Crippen LogP contribution in [0.25, 0.3) is 0 Å². The molecule has 0 aromatic carbocycles.